The van der Waals surface area contributed by atoms with Gasteiger partial charge < -0.3 is 4.90 Å². The molecule has 4 heteroatoms. The van der Waals surface area contributed by atoms with Crippen molar-refractivity contribution in [2.45, 2.75) is 25.7 Å². The van der Waals surface area contributed by atoms with Crippen molar-refractivity contribution in [1.29, 1.82) is 0 Å². The molecule has 0 spiro atoms. The molecule has 0 atom stereocenters. The number of hydrogen-bond donors (Lipinski definition) is 1. The predicted molar refractivity (Wildman–Crippen MR) is 58.7 cm³/mol. The highest BCUT2D eigenvalue weighted by Crippen LogP contribution is 2.00. The monoisotopic (exact) mass is 204 g/mol. The minimum absolute atomic E-state index is 0.884. The Labute approximate surface area is 85.4 Å². The van der Waals surface area contributed by atoms with Crippen LogP contribution in [-0.4, -0.2) is 37.7 Å². The van der Waals surface area contributed by atoms with E-state index in [0.29, 0.717) is 0 Å². The normalized spacial score (nSPS) is 10.0. The zero-order chi connectivity index (χ0) is 9.94. The van der Waals surface area contributed by atoms with Gasteiger partial charge in [-0.25, -0.2) is 0 Å². The van der Waals surface area contributed by atoms with Crippen molar-refractivity contribution in [2.75, 3.05) is 26.4 Å². The third-order valence-electron chi connectivity index (χ3n) is 1.86. The van der Waals surface area contributed by atoms with E-state index in [-0.39, 0.29) is 0 Å². The lowest BCUT2D eigenvalue weighted by molar-refractivity contribution is -0.117. The summed E-state index contributed by atoms with van der Waals surface area (Å²) in [6.07, 6.45) is 7.74. The van der Waals surface area contributed by atoms with Gasteiger partial charge in [0.15, 0.2) is 0 Å². The Kier molecular flexibility index (Phi) is 9.70. The van der Waals surface area contributed by atoms with Gasteiger partial charge in [-0.1, -0.05) is 24.8 Å². The molecule has 3 nitrogen and oxygen atoms in total. The molecule has 1 amide bonds. The maximum absolute atomic E-state index is 10.2. The summed E-state index contributed by atoms with van der Waals surface area (Å²) in [4.78, 5) is 11.9. The van der Waals surface area contributed by atoms with Crippen molar-refractivity contribution in [1.82, 2.24) is 9.62 Å². The first-order valence-electron chi connectivity index (χ1n) is 4.72. The molecule has 0 aliphatic carbocycles. The maximum atomic E-state index is 10.2. The van der Waals surface area contributed by atoms with Gasteiger partial charge in [-0.15, -0.1) is 0 Å². The van der Waals surface area contributed by atoms with Crippen molar-refractivity contribution >= 4 is 18.4 Å². The molecule has 0 aliphatic rings. The number of amides is 1. The van der Waals surface area contributed by atoms with Crippen LogP contribution in [0.1, 0.15) is 25.7 Å². The smallest absolute Gasteiger partial charge is 0.209 e. The number of nitrogens with zero attached hydrogens (tertiary/aromatic N) is 1. The van der Waals surface area contributed by atoms with E-state index in [1.54, 1.807) is 16.8 Å². The summed E-state index contributed by atoms with van der Waals surface area (Å²) >= 11 is 1.67. The van der Waals surface area contributed by atoms with Crippen molar-refractivity contribution in [2.24, 2.45) is 0 Å². The molecular weight excluding hydrogens is 184 g/mol. The van der Waals surface area contributed by atoms with Gasteiger partial charge in [0.25, 0.3) is 0 Å². The van der Waals surface area contributed by atoms with Gasteiger partial charge in [0.05, 0.1) is 0 Å². The number of unbranched alkanes of at least 4 members (excludes halogenated alkanes) is 3. The van der Waals surface area contributed by atoms with Crippen LogP contribution in [0.25, 0.3) is 0 Å². The van der Waals surface area contributed by atoms with E-state index in [2.05, 4.69) is 4.72 Å². The van der Waals surface area contributed by atoms with Crippen molar-refractivity contribution in [3.05, 3.63) is 0 Å². The van der Waals surface area contributed by atoms with E-state index in [4.69, 9.17) is 0 Å². The molecule has 0 aromatic rings. The van der Waals surface area contributed by atoms with Gasteiger partial charge in [0, 0.05) is 20.1 Å². The zero-order valence-electron chi connectivity index (χ0n) is 8.58. The van der Waals surface area contributed by atoms with Crippen molar-refractivity contribution < 1.29 is 4.79 Å². The summed E-state index contributed by atoms with van der Waals surface area (Å²) in [5.41, 5.74) is 0. The molecule has 0 saturated carbocycles. The molecule has 0 aromatic carbocycles. The van der Waals surface area contributed by atoms with E-state index >= 15 is 0 Å². The second-order valence-electron chi connectivity index (χ2n) is 3.10. The number of nitrogens with one attached hydrogen (secondary N) is 1. The van der Waals surface area contributed by atoms with E-state index in [1.165, 1.54) is 19.3 Å². The first-order chi connectivity index (χ1) is 6.31. The van der Waals surface area contributed by atoms with Gasteiger partial charge in [-0.05, 0) is 19.1 Å². The van der Waals surface area contributed by atoms with Gasteiger partial charge in [0.2, 0.25) is 6.41 Å². The van der Waals surface area contributed by atoms with Crippen LogP contribution < -0.4 is 4.72 Å². The predicted octanol–water partition coefficient (Wildman–Crippen LogP) is 1.50. The Morgan fingerprint density at radius 3 is 2.62 bits per heavy atom. The Morgan fingerprint density at radius 1 is 1.31 bits per heavy atom. The quantitative estimate of drug-likeness (QED) is 0.351. The number of hydrogen-bond acceptors (Lipinski definition) is 3. The molecule has 0 radical (unpaired) electrons. The van der Waals surface area contributed by atoms with E-state index in [9.17, 15) is 4.79 Å². The maximum Gasteiger partial charge on any atom is 0.209 e. The van der Waals surface area contributed by atoms with Gasteiger partial charge in [0.1, 0.15) is 0 Å². The molecular formula is C9H20N2OS. The SMILES string of the molecule is CSNCCCCCCN(C)C=O. The van der Waals surface area contributed by atoms with Crippen LogP contribution in [0.15, 0.2) is 0 Å². The fourth-order valence-electron chi connectivity index (χ4n) is 1.07. The summed E-state index contributed by atoms with van der Waals surface area (Å²) in [7, 11) is 1.82. The van der Waals surface area contributed by atoms with Crippen LogP contribution >= 0.6 is 11.9 Å². The molecule has 0 fully saturated rings. The first kappa shape index (κ1) is 12.8. The molecule has 13 heavy (non-hydrogen) atoms. The number of carbonyl (C=O) groups excluding carboxylic acids is 1. The van der Waals surface area contributed by atoms with Gasteiger partial charge in [-0.2, -0.15) is 0 Å². The summed E-state index contributed by atoms with van der Waals surface area (Å²) in [5.74, 6) is 0. The van der Waals surface area contributed by atoms with Crippen LogP contribution in [0.5, 0.6) is 0 Å². The van der Waals surface area contributed by atoms with Crippen molar-refractivity contribution in [3.63, 3.8) is 0 Å². The summed E-state index contributed by atoms with van der Waals surface area (Å²) in [6, 6.07) is 0. The second-order valence-corrected chi connectivity index (χ2v) is 3.80. The number of carbonyl (C=O) groups is 1. The molecule has 0 rings (SSSR count). The van der Waals surface area contributed by atoms with Crippen LogP contribution in [0, 0.1) is 0 Å². The Morgan fingerprint density at radius 2 is 2.00 bits per heavy atom. The first-order valence-corrected chi connectivity index (χ1v) is 5.95. The van der Waals surface area contributed by atoms with Gasteiger partial charge in [-0.3, -0.25) is 9.52 Å². The van der Waals surface area contributed by atoms with E-state index < -0.39 is 0 Å². The van der Waals surface area contributed by atoms with Crippen LogP contribution in [0.3, 0.4) is 0 Å². The van der Waals surface area contributed by atoms with Gasteiger partial charge >= 0.3 is 0 Å². The van der Waals surface area contributed by atoms with E-state index in [0.717, 1.165) is 25.9 Å². The topological polar surface area (TPSA) is 32.3 Å². The fourth-order valence-corrected chi connectivity index (χ4v) is 1.42. The number of rotatable bonds is 9. The Balaban J connectivity index is 2.95. The highest BCUT2D eigenvalue weighted by molar-refractivity contribution is 7.96. The standard InChI is InChI=1S/C9H20N2OS/c1-11(9-12)8-6-4-3-5-7-10-13-2/h9-10H,3-8H2,1-2H3. The largest absolute Gasteiger partial charge is 0.348 e. The lowest BCUT2D eigenvalue weighted by atomic mass is 10.2. The van der Waals surface area contributed by atoms with Crippen molar-refractivity contribution in [3.8, 4) is 0 Å². The van der Waals surface area contributed by atoms with Crippen LogP contribution in [0.4, 0.5) is 0 Å². The Hall–Kier alpha value is -0.220. The minimum atomic E-state index is 0.884. The molecule has 1 N–H and O–H groups in total. The molecule has 0 aliphatic heterocycles. The summed E-state index contributed by atoms with van der Waals surface area (Å²) in [6.45, 7) is 1.98. The average molecular weight is 204 g/mol. The fraction of sp³-hybridized carbons (Fsp3) is 0.889. The molecule has 0 aromatic heterocycles. The third-order valence-corrected chi connectivity index (χ3v) is 2.36. The molecule has 0 heterocycles. The summed E-state index contributed by atoms with van der Waals surface area (Å²) < 4.78 is 3.21. The Bertz CT molecular complexity index is 122. The average Bonchev–Trinajstić information content (AvgIpc) is 2.16. The lowest BCUT2D eigenvalue weighted by Gasteiger charge is -2.09. The molecule has 78 valence electrons. The van der Waals surface area contributed by atoms with Crippen LogP contribution in [0.2, 0.25) is 0 Å². The second kappa shape index (κ2) is 9.86. The zero-order valence-corrected chi connectivity index (χ0v) is 9.40. The lowest BCUT2D eigenvalue weighted by Crippen LogP contribution is -2.16. The molecule has 0 saturated heterocycles. The third kappa shape index (κ3) is 9.70. The van der Waals surface area contributed by atoms with E-state index in [1.807, 2.05) is 13.3 Å². The molecule has 0 unspecified atom stereocenters. The molecule has 0 bridgehead atoms. The highest BCUT2D eigenvalue weighted by atomic mass is 32.2. The highest BCUT2D eigenvalue weighted by Gasteiger charge is 1.93. The summed E-state index contributed by atoms with van der Waals surface area (Å²) in [5, 5.41) is 0. The minimum Gasteiger partial charge on any atom is -0.348 e. The van der Waals surface area contributed by atoms with Crippen LogP contribution in [-0.2, 0) is 4.79 Å².